The van der Waals surface area contributed by atoms with E-state index in [4.69, 9.17) is 16.7 Å². The van der Waals surface area contributed by atoms with Crippen LogP contribution >= 0.6 is 39.3 Å². The molecule has 0 aromatic heterocycles. The van der Waals surface area contributed by atoms with Crippen molar-refractivity contribution in [1.29, 1.82) is 0 Å². The van der Waals surface area contributed by atoms with E-state index in [9.17, 15) is 13.2 Å². The second-order valence-corrected chi connectivity index (χ2v) is 8.77. The zero-order valence-electron chi connectivity index (χ0n) is 12.3. The second kappa shape index (κ2) is 8.35. The minimum Gasteiger partial charge on any atom is -0.351 e. The molecule has 3 N–H and O–H groups in total. The van der Waals surface area contributed by atoms with Crippen LogP contribution < -0.4 is 10.5 Å². The summed E-state index contributed by atoms with van der Waals surface area (Å²) in [5.41, 5.74) is 0.220. The van der Waals surface area contributed by atoms with Gasteiger partial charge in [-0.3, -0.25) is 4.79 Å². The summed E-state index contributed by atoms with van der Waals surface area (Å²) in [5.74, 6) is 0.295. The summed E-state index contributed by atoms with van der Waals surface area (Å²) in [6.45, 7) is 0.429. The number of hydrogen-bond acceptors (Lipinski definition) is 4. The monoisotopic (exact) mass is 448 g/mol. The Labute approximate surface area is 158 Å². The van der Waals surface area contributed by atoms with Gasteiger partial charge < -0.3 is 5.32 Å². The number of carbonyl (C=O) groups excluding carboxylic acids is 1. The minimum atomic E-state index is -3.86. The number of carbonyl (C=O) groups is 1. The molecule has 0 aliphatic carbocycles. The van der Waals surface area contributed by atoms with Gasteiger partial charge in [0, 0.05) is 26.7 Å². The van der Waals surface area contributed by atoms with Crippen LogP contribution in [0.5, 0.6) is 0 Å². The van der Waals surface area contributed by atoms with Gasteiger partial charge in [-0.1, -0.05) is 11.6 Å². The Morgan fingerprint density at radius 1 is 1.21 bits per heavy atom. The number of thioether (sulfide) groups is 1. The number of hydrogen-bond donors (Lipinski definition) is 2. The standard InChI is InChI=1S/C15H14BrClN2O3S2/c16-14-6-5-12(24(18,21)22)9-13(14)15(20)19-7-8-23-11-3-1-10(17)2-4-11/h1-6,9H,7-8H2,(H,19,20)(H2,18,21,22). The van der Waals surface area contributed by atoms with Crippen LogP contribution in [0.25, 0.3) is 0 Å². The number of halogens is 2. The smallest absolute Gasteiger partial charge is 0.252 e. The minimum absolute atomic E-state index is 0.105. The first-order valence-corrected chi connectivity index (χ1v) is 10.5. The van der Waals surface area contributed by atoms with Crippen molar-refractivity contribution in [3.05, 3.63) is 57.5 Å². The van der Waals surface area contributed by atoms with Gasteiger partial charge in [-0.25, -0.2) is 13.6 Å². The summed E-state index contributed by atoms with van der Waals surface area (Å²) in [5, 5.41) is 8.51. The summed E-state index contributed by atoms with van der Waals surface area (Å²) >= 11 is 10.6. The van der Waals surface area contributed by atoms with Crippen LogP contribution in [-0.2, 0) is 10.0 Å². The van der Waals surface area contributed by atoms with Gasteiger partial charge in [0.2, 0.25) is 10.0 Å². The van der Waals surface area contributed by atoms with Gasteiger partial charge in [0.25, 0.3) is 5.91 Å². The van der Waals surface area contributed by atoms with Gasteiger partial charge in [0.05, 0.1) is 10.5 Å². The van der Waals surface area contributed by atoms with Crippen LogP contribution in [-0.4, -0.2) is 26.6 Å². The highest BCUT2D eigenvalue weighted by Gasteiger charge is 2.15. The molecule has 0 heterocycles. The molecule has 24 heavy (non-hydrogen) atoms. The number of primary sulfonamides is 1. The van der Waals surface area contributed by atoms with Crippen LogP contribution in [0, 0.1) is 0 Å². The Bertz CT molecular complexity index is 842. The maximum atomic E-state index is 12.2. The number of nitrogens with two attached hydrogens (primary N) is 1. The number of amides is 1. The molecule has 0 radical (unpaired) electrons. The highest BCUT2D eigenvalue weighted by molar-refractivity contribution is 9.10. The molecule has 0 saturated carbocycles. The van der Waals surface area contributed by atoms with Gasteiger partial charge in [-0.05, 0) is 58.4 Å². The molecule has 0 unspecified atom stereocenters. The van der Waals surface area contributed by atoms with E-state index in [0.29, 0.717) is 21.8 Å². The van der Waals surface area contributed by atoms with Gasteiger partial charge in [0.1, 0.15) is 0 Å². The van der Waals surface area contributed by atoms with E-state index in [1.54, 1.807) is 23.9 Å². The molecule has 128 valence electrons. The number of nitrogens with one attached hydrogen (secondary N) is 1. The Balaban J connectivity index is 1.94. The lowest BCUT2D eigenvalue weighted by Gasteiger charge is -2.08. The van der Waals surface area contributed by atoms with E-state index in [-0.39, 0.29) is 16.4 Å². The molecule has 0 atom stereocenters. The molecule has 0 aliphatic heterocycles. The molecule has 0 spiro atoms. The summed E-state index contributed by atoms with van der Waals surface area (Å²) in [7, 11) is -3.86. The molecule has 2 aromatic carbocycles. The molecule has 0 saturated heterocycles. The molecule has 9 heteroatoms. The third kappa shape index (κ3) is 5.49. The van der Waals surface area contributed by atoms with E-state index in [0.717, 1.165) is 4.90 Å². The molecular weight excluding hydrogens is 436 g/mol. The van der Waals surface area contributed by atoms with E-state index in [1.165, 1.54) is 18.2 Å². The number of rotatable bonds is 6. The van der Waals surface area contributed by atoms with Crippen molar-refractivity contribution in [3.63, 3.8) is 0 Å². The van der Waals surface area contributed by atoms with E-state index < -0.39 is 10.0 Å². The van der Waals surface area contributed by atoms with Gasteiger partial charge >= 0.3 is 0 Å². The number of benzene rings is 2. The summed E-state index contributed by atoms with van der Waals surface area (Å²) in [4.78, 5) is 13.1. The fraction of sp³-hybridized carbons (Fsp3) is 0.133. The van der Waals surface area contributed by atoms with Gasteiger partial charge in [-0.15, -0.1) is 11.8 Å². The number of sulfonamides is 1. The first-order valence-electron chi connectivity index (χ1n) is 6.76. The highest BCUT2D eigenvalue weighted by atomic mass is 79.9. The van der Waals surface area contributed by atoms with Crippen LogP contribution in [0.4, 0.5) is 0 Å². The Morgan fingerprint density at radius 2 is 1.88 bits per heavy atom. The molecule has 0 fully saturated rings. The molecule has 0 bridgehead atoms. The zero-order chi connectivity index (χ0) is 17.7. The van der Waals surface area contributed by atoms with E-state index in [2.05, 4.69) is 21.2 Å². The summed E-state index contributed by atoms with van der Waals surface area (Å²) in [6, 6.07) is 11.5. The predicted octanol–water partition coefficient (Wildman–Crippen LogP) is 3.27. The Kier molecular flexibility index (Phi) is 6.70. The zero-order valence-corrected chi connectivity index (χ0v) is 16.3. The van der Waals surface area contributed by atoms with Crippen molar-refractivity contribution >= 4 is 55.2 Å². The van der Waals surface area contributed by atoms with Crippen LogP contribution in [0.2, 0.25) is 5.02 Å². The maximum Gasteiger partial charge on any atom is 0.252 e. The van der Waals surface area contributed by atoms with Crippen molar-refractivity contribution in [1.82, 2.24) is 5.32 Å². The fourth-order valence-electron chi connectivity index (χ4n) is 1.81. The molecular formula is C15H14BrClN2O3S2. The molecule has 1 amide bonds. The Morgan fingerprint density at radius 3 is 2.50 bits per heavy atom. The molecule has 0 aliphatic rings. The van der Waals surface area contributed by atoms with Crippen LogP contribution in [0.1, 0.15) is 10.4 Å². The molecule has 5 nitrogen and oxygen atoms in total. The highest BCUT2D eigenvalue weighted by Crippen LogP contribution is 2.21. The average molecular weight is 450 g/mol. The SMILES string of the molecule is NS(=O)(=O)c1ccc(Br)c(C(=O)NCCSc2ccc(Cl)cc2)c1. The van der Waals surface area contributed by atoms with Crippen LogP contribution in [0.15, 0.2) is 56.7 Å². The summed E-state index contributed by atoms with van der Waals surface area (Å²) in [6.07, 6.45) is 0. The third-order valence-corrected chi connectivity index (χ3v) is 5.85. The quantitative estimate of drug-likeness (QED) is 0.523. The third-order valence-electron chi connectivity index (χ3n) is 2.98. The Hall–Kier alpha value is -1.06. The van der Waals surface area contributed by atoms with Crippen molar-refractivity contribution < 1.29 is 13.2 Å². The molecule has 2 aromatic rings. The predicted molar refractivity (Wildman–Crippen MR) is 100 cm³/mol. The first kappa shape index (κ1) is 19.3. The van der Waals surface area contributed by atoms with E-state index >= 15 is 0 Å². The van der Waals surface area contributed by atoms with Crippen molar-refractivity contribution in [2.24, 2.45) is 5.14 Å². The fourth-order valence-corrected chi connectivity index (χ4v) is 3.68. The average Bonchev–Trinajstić information content (AvgIpc) is 2.52. The lowest BCUT2D eigenvalue weighted by Crippen LogP contribution is -2.26. The van der Waals surface area contributed by atoms with Crippen LogP contribution in [0.3, 0.4) is 0 Å². The van der Waals surface area contributed by atoms with Crippen molar-refractivity contribution in [2.75, 3.05) is 12.3 Å². The topological polar surface area (TPSA) is 89.3 Å². The van der Waals surface area contributed by atoms with E-state index in [1.807, 2.05) is 12.1 Å². The molecule has 2 rings (SSSR count). The maximum absolute atomic E-state index is 12.2. The normalized spacial score (nSPS) is 11.3. The van der Waals surface area contributed by atoms with Crippen molar-refractivity contribution in [2.45, 2.75) is 9.79 Å². The lowest BCUT2D eigenvalue weighted by atomic mass is 10.2. The largest absolute Gasteiger partial charge is 0.351 e. The van der Waals surface area contributed by atoms with Gasteiger partial charge in [-0.2, -0.15) is 0 Å². The second-order valence-electron chi connectivity index (χ2n) is 4.74. The van der Waals surface area contributed by atoms with Crippen molar-refractivity contribution in [3.8, 4) is 0 Å². The summed E-state index contributed by atoms with van der Waals surface area (Å²) < 4.78 is 23.3. The first-order chi connectivity index (χ1) is 11.3. The lowest BCUT2D eigenvalue weighted by molar-refractivity contribution is 0.0955. The van der Waals surface area contributed by atoms with Gasteiger partial charge in [0.15, 0.2) is 0 Å².